The summed E-state index contributed by atoms with van der Waals surface area (Å²) in [6.07, 6.45) is -0.184. The normalized spacial score (nSPS) is 17.4. The van der Waals surface area contributed by atoms with Crippen LogP contribution in [0.5, 0.6) is 0 Å². The summed E-state index contributed by atoms with van der Waals surface area (Å²) < 4.78 is 41.3. The molecule has 0 bridgehead atoms. The molecule has 1 aromatic carbocycles. The number of amides is 2. The van der Waals surface area contributed by atoms with Crippen LogP contribution in [-0.4, -0.2) is 72.3 Å². The molecule has 4 rings (SSSR count). The minimum Gasteiger partial charge on any atom is -0.395 e. The zero-order valence-corrected chi connectivity index (χ0v) is 23.4. The van der Waals surface area contributed by atoms with Crippen molar-refractivity contribution in [3.8, 4) is 6.07 Å². The molecule has 2 aliphatic heterocycles. The third-order valence-corrected chi connectivity index (χ3v) is 7.75. The van der Waals surface area contributed by atoms with Crippen LogP contribution in [0.3, 0.4) is 0 Å². The van der Waals surface area contributed by atoms with Crippen molar-refractivity contribution in [1.82, 2.24) is 20.6 Å². The Bertz CT molecular complexity index is 1260. The number of nitrogens with one attached hydrogen (secondary N) is 2. The third kappa shape index (κ3) is 8.31. The Morgan fingerprint density at radius 3 is 2.36 bits per heavy atom. The van der Waals surface area contributed by atoms with Crippen LogP contribution in [-0.2, 0) is 22.2 Å². The number of carbonyl (C=O) groups excluding carboxylic acids is 2. The number of halogens is 3. The number of hydrogen-bond acceptors (Lipinski definition) is 8. The van der Waals surface area contributed by atoms with Gasteiger partial charge in [-0.25, -0.2) is 9.97 Å². The standard InChI is InChI=1S/C29H36F3N7O3/c30-29(31,32)28-36-24(38-14-9-20(10-15-38)2-1-3-26(41)34-13-17-40)18-25(37-28)39-16-11-23(39)27(42)35-12-8-21-4-6-22(19-33)7-5-21/h4-7,18,20,23,40H,1-3,8-17H2,(H,34,41)(H,35,42)/t23-/m0/s1. The summed E-state index contributed by atoms with van der Waals surface area (Å²) in [6, 6.07) is 10.0. The minimum absolute atomic E-state index is 0.0850. The molecule has 0 aliphatic carbocycles. The molecule has 42 heavy (non-hydrogen) atoms. The number of aliphatic hydroxyl groups is 1. The highest BCUT2D eigenvalue weighted by Crippen LogP contribution is 2.34. The summed E-state index contributed by atoms with van der Waals surface area (Å²) in [4.78, 5) is 35.7. The summed E-state index contributed by atoms with van der Waals surface area (Å²) in [6.45, 7) is 1.98. The first kappa shape index (κ1) is 31.0. The quantitative estimate of drug-likeness (QED) is 0.345. The molecular formula is C29H36F3N7O3. The highest BCUT2D eigenvalue weighted by atomic mass is 19.4. The Balaban J connectivity index is 1.34. The van der Waals surface area contributed by atoms with Gasteiger partial charge in [0, 0.05) is 45.2 Å². The molecule has 0 radical (unpaired) electrons. The fourth-order valence-electron chi connectivity index (χ4n) is 5.27. The molecule has 3 heterocycles. The monoisotopic (exact) mass is 587 g/mol. The number of rotatable bonds is 12. The number of carbonyl (C=O) groups is 2. The molecule has 0 spiro atoms. The number of nitriles is 1. The Morgan fingerprint density at radius 1 is 1.02 bits per heavy atom. The van der Waals surface area contributed by atoms with Crippen molar-refractivity contribution in [2.24, 2.45) is 5.92 Å². The lowest BCUT2D eigenvalue weighted by Gasteiger charge is -2.41. The maximum absolute atomic E-state index is 13.8. The van der Waals surface area contributed by atoms with Gasteiger partial charge in [0.2, 0.25) is 17.6 Å². The van der Waals surface area contributed by atoms with Gasteiger partial charge in [0.05, 0.1) is 18.2 Å². The van der Waals surface area contributed by atoms with Crippen molar-refractivity contribution in [1.29, 1.82) is 5.26 Å². The van der Waals surface area contributed by atoms with Crippen LogP contribution in [0.25, 0.3) is 0 Å². The van der Waals surface area contributed by atoms with E-state index in [-0.39, 0.29) is 36.6 Å². The molecule has 0 saturated carbocycles. The molecule has 2 aliphatic rings. The fraction of sp³-hybridized carbons (Fsp3) is 0.552. The summed E-state index contributed by atoms with van der Waals surface area (Å²) in [5.41, 5.74) is 1.51. The molecule has 1 aromatic heterocycles. The van der Waals surface area contributed by atoms with Crippen LogP contribution in [0.1, 0.15) is 55.5 Å². The van der Waals surface area contributed by atoms with E-state index in [1.165, 1.54) is 6.07 Å². The second-order valence-electron chi connectivity index (χ2n) is 10.6. The zero-order chi connectivity index (χ0) is 30.1. The molecule has 2 fully saturated rings. The average molecular weight is 588 g/mol. The van der Waals surface area contributed by atoms with E-state index < -0.39 is 18.0 Å². The number of aromatic nitrogens is 2. The van der Waals surface area contributed by atoms with Gasteiger partial charge in [-0.3, -0.25) is 9.59 Å². The first-order valence-electron chi connectivity index (χ1n) is 14.3. The van der Waals surface area contributed by atoms with Gasteiger partial charge in [0.15, 0.2) is 0 Å². The second kappa shape index (κ2) is 14.3. The maximum Gasteiger partial charge on any atom is 0.451 e. The van der Waals surface area contributed by atoms with E-state index in [1.54, 1.807) is 17.0 Å². The highest BCUT2D eigenvalue weighted by molar-refractivity contribution is 5.86. The lowest BCUT2D eigenvalue weighted by Crippen LogP contribution is -2.57. The van der Waals surface area contributed by atoms with E-state index in [9.17, 15) is 22.8 Å². The summed E-state index contributed by atoms with van der Waals surface area (Å²) >= 11 is 0. The molecule has 2 amide bonds. The van der Waals surface area contributed by atoms with E-state index in [0.29, 0.717) is 63.3 Å². The van der Waals surface area contributed by atoms with Crippen molar-refractivity contribution in [2.45, 2.75) is 57.2 Å². The lowest BCUT2D eigenvalue weighted by molar-refractivity contribution is -0.144. The van der Waals surface area contributed by atoms with Crippen LogP contribution in [0.15, 0.2) is 30.3 Å². The van der Waals surface area contributed by atoms with E-state index in [0.717, 1.165) is 24.8 Å². The van der Waals surface area contributed by atoms with E-state index in [2.05, 4.69) is 26.7 Å². The van der Waals surface area contributed by atoms with Crippen LogP contribution in [0.2, 0.25) is 0 Å². The van der Waals surface area contributed by atoms with Gasteiger partial charge >= 0.3 is 6.18 Å². The number of nitrogens with zero attached hydrogens (tertiary/aromatic N) is 5. The van der Waals surface area contributed by atoms with Crippen LogP contribution < -0.4 is 20.4 Å². The first-order valence-corrected chi connectivity index (χ1v) is 14.3. The van der Waals surface area contributed by atoms with Gasteiger partial charge in [-0.1, -0.05) is 12.1 Å². The number of anilines is 2. The first-order chi connectivity index (χ1) is 20.2. The van der Waals surface area contributed by atoms with Crippen molar-refractivity contribution >= 4 is 23.5 Å². The number of piperidine rings is 1. The maximum atomic E-state index is 13.8. The topological polar surface area (TPSA) is 134 Å². The van der Waals surface area contributed by atoms with Crippen LogP contribution >= 0.6 is 0 Å². The van der Waals surface area contributed by atoms with Gasteiger partial charge < -0.3 is 25.5 Å². The number of benzene rings is 1. The highest BCUT2D eigenvalue weighted by Gasteiger charge is 2.40. The van der Waals surface area contributed by atoms with E-state index in [1.807, 2.05) is 17.0 Å². The Labute approximate surface area is 242 Å². The summed E-state index contributed by atoms with van der Waals surface area (Å²) in [7, 11) is 0. The second-order valence-corrected chi connectivity index (χ2v) is 10.6. The predicted molar refractivity (Wildman–Crippen MR) is 150 cm³/mol. The van der Waals surface area contributed by atoms with Crippen molar-refractivity contribution in [2.75, 3.05) is 49.1 Å². The minimum atomic E-state index is -4.73. The largest absolute Gasteiger partial charge is 0.451 e. The average Bonchev–Trinajstić information content (AvgIpc) is 2.95. The van der Waals surface area contributed by atoms with Crippen LogP contribution in [0, 0.1) is 17.2 Å². The van der Waals surface area contributed by atoms with E-state index >= 15 is 0 Å². The van der Waals surface area contributed by atoms with Crippen LogP contribution in [0.4, 0.5) is 24.8 Å². The molecule has 13 heteroatoms. The molecule has 0 unspecified atom stereocenters. The number of aliphatic hydroxyl groups excluding tert-OH is 1. The van der Waals surface area contributed by atoms with Gasteiger partial charge in [-0.2, -0.15) is 18.4 Å². The predicted octanol–water partition coefficient (Wildman–Crippen LogP) is 2.80. The summed E-state index contributed by atoms with van der Waals surface area (Å²) in [5, 5.41) is 23.2. The Morgan fingerprint density at radius 2 is 1.74 bits per heavy atom. The summed E-state index contributed by atoms with van der Waals surface area (Å²) in [5.74, 6) is -0.947. The Kier molecular flexibility index (Phi) is 10.6. The fourth-order valence-corrected chi connectivity index (χ4v) is 5.27. The van der Waals surface area contributed by atoms with Gasteiger partial charge in [-0.15, -0.1) is 0 Å². The van der Waals surface area contributed by atoms with Crippen molar-refractivity contribution in [3.63, 3.8) is 0 Å². The third-order valence-electron chi connectivity index (χ3n) is 7.75. The molecule has 2 aromatic rings. The number of hydrogen-bond donors (Lipinski definition) is 3. The van der Waals surface area contributed by atoms with Gasteiger partial charge in [0.25, 0.3) is 0 Å². The van der Waals surface area contributed by atoms with Crippen molar-refractivity contribution < 1.29 is 27.9 Å². The SMILES string of the molecule is N#Cc1ccc(CCNC(=O)[C@@H]2CCN2c2cc(N3CCC(CCCC(=O)NCCO)CC3)nc(C(F)(F)F)n2)cc1. The van der Waals surface area contributed by atoms with E-state index in [4.69, 9.17) is 10.4 Å². The smallest absolute Gasteiger partial charge is 0.395 e. The molecule has 3 N–H and O–H groups in total. The van der Waals surface area contributed by atoms with Gasteiger partial charge in [-0.05, 0) is 62.1 Å². The molecule has 2 saturated heterocycles. The number of alkyl halides is 3. The molecule has 226 valence electrons. The lowest BCUT2D eigenvalue weighted by atomic mass is 9.91. The molecule has 10 nitrogen and oxygen atoms in total. The zero-order valence-electron chi connectivity index (χ0n) is 23.4. The van der Waals surface area contributed by atoms with Gasteiger partial charge in [0.1, 0.15) is 17.7 Å². The molecule has 1 atom stereocenters. The molecular weight excluding hydrogens is 551 g/mol. The Hall–Kier alpha value is -3.92. The van der Waals surface area contributed by atoms with Crippen molar-refractivity contribution in [3.05, 3.63) is 47.3 Å².